The first-order chi connectivity index (χ1) is 13.1. The molecule has 2 aromatic carbocycles. The summed E-state index contributed by atoms with van der Waals surface area (Å²) in [7, 11) is 1.71. The molecule has 5 nitrogen and oxygen atoms in total. The van der Waals surface area contributed by atoms with E-state index < -0.39 is 0 Å². The molecule has 1 aliphatic heterocycles. The van der Waals surface area contributed by atoms with Crippen LogP contribution in [0.4, 0.5) is 11.4 Å². The summed E-state index contributed by atoms with van der Waals surface area (Å²) in [6.45, 7) is 8.42. The van der Waals surface area contributed by atoms with E-state index >= 15 is 0 Å². The molecule has 0 unspecified atom stereocenters. The maximum Gasteiger partial charge on any atom is 0.282 e. The first-order valence-electron chi connectivity index (χ1n) is 9.68. The molecule has 0 bridgehead atoms. The van der Waals surface area contributed by atoms with Crippen molar-refractivity contribution in [2.24, 2.45) is 0 Å². The number of rotatable bonds is 6. The minimum absolute atomic E-state index is 0.147. The predicted octanol–water partition coefficient (Wildman–Crippen LogP) is 1.84. The number of ether oxygens (including phenoxy) is 1. The fourth-order valence-corrected chi connectivity index (χ4v) is 3.75. The molecule has 1 N–H and O–H groups in total. The van der Waals surface area contributed by atoms with Gasteiger partial charge < -0.3 is 19.4 Å². The van der Waals surface area contributed by atoms with Gasteiger partial charge in [0.1, 0.15) is 5.75 Å². The Morgan fingerprint density at radius 1 is 1.07 bits per heavy atom. The number of quaternary nitrogens is 1. The molecule has 1 aliphatic rings. The number of hydrogen-bond donors (Lipinski definition) is 1. The lowest BCUT2D eigenvalue weighted by Crippen LogP contribution is -3.16. The fraction of sp³-hybridized carbons (Fsp3) is 0.409. The number of nitrogens with zero attached hydrogens (tertiary/aromatic N) is 2. The van der Waals surface area contributed by atoms with Gasteiger partial charge in [0.25, 0.3) is 5.91 Å². The molecule has 1 saturated heterocycles. The molecule has 2 aromatic rings. The van der Waals surface area contributed by atoms with Crippen molar-refractivity contribution in [1.29, 1.82) is 0 Å². The average molecular weight is 369 g/mol. The summed E-state index contributed by atoms with van der Waals surface area (Å²) < 4.78 is 5.49. The largest absolute Gasteiger partial charge is 0.495 e. The maximum absolute atomic E-state index is 13.0. The third-order valence-electron chi connectivity index (χ3n) is 5.12. The van der Waals surface area contributed by atoms with Gasteiger partial charge in [0.2, 0.25) is 0 Å². The lowest BCUT2D eigenvalue weighted by Gasteiger charge is -2.35. The normalized spacial score (nSPS) is 15.0. The third-order valence-corrected chi connectivity index (χ3v) is 5.12. The van der Waals surface area contributed by atoms with Crippen molar-refractivity contribution in [3.8, 4) is 5.75 Å². The molecule has 3 rings (SSSR count). The quantitative estimate of drug-likeness (QED) is 0.845. The lowest BCUT2D eigenvalue weighted by atomic mass is 10.2. The van der Waals surface area contributed by atoms with Crippen LogP contribution in [0.1, 0.15) is 13.8 Å². The Morgan fingerprint density at radius 2 is 1.70 bits per heavy atom. The molecule has 0 spiro atoms. The van der Waals surface area contributed by atoms with Gasteiger partial charge in [-0.1, -0.05) is 30.3 Å². The van der Waals surface area contributed by atoms with Crippen molar-refractivity contribution in [2.75, 3.05) is 49.6 Å². The highest BCUT2D eigenvalue weighted by atomic mass is 16.5. The zero-order chi connectivity index (χ0) is 19.2. The van der Waals surface area contributed by atoms with Gasteiger partial charge >= 0.3 is 0 Å². The highest BCUT2D eigenvalue weighted by Gasteiger charge is 2.27. The van der Waals surface area contributed by atoms with Crippen molar-refractivity contribution >= 4 is 17.3 Å². The number of hydrogen-bond acceptors (Lipinski definition) is 3. The van der Waals surface area contributed by atoms with E-state index in [2.05, 4.69) is 24.8 Å². The van der Waals surface area contributed by atoms with Gasteiger partial charge in [-0.05, 0) is 38.1 Å². The highest BCUT2D eigenvalue weighted by Crippen LogP contribution is 2.27. The molecule has 0 aromatic heterocycles. The van der Waals surface area contributed by atoms with E-state index in [4.69, 9.17) is 4.74 Å². The van der Waals surface area contributed by atoms with Crippen LogP contribution in [0.15, 0.2) is 54.6 Å². The molecule has 27 heavy (non-hydrogen) atoms. The first kappa shape index (κ1) is 19.2. The van der Waals surface area contributed by atoms with Gasteiger partial charge in [0, 0.05) is 11.7 Å². The molecule has 0 saturated carbocycles. The predicted molar refractivity (Wildman–Crippen MR) is 110 cm³/mol. The number of amides is 1. The summed E-state index contributed by atoms with van der Waals surface area (Å²) in [5.74, 6) is 1.10. The first-order valence-corrected chi connectivity index (χ1v) is 9.68. The SMILES string of the molecule is COc1ccccc1N1CC[NH+](CC(=O)N(c2ccccc2)C(C)C)CC1. The second-order valence-corrected chi connectivity index (χ2v) is 7.28. The van der Waals surface area contributed by atoms with Crippen molar-refractivity contribution in [2.45, 2.75) is 19.9 Å². The molecule has 1 fully saturated rings. The highest BCUT2D eigenvalue weighted by molar-refractivity contribution is 5.94. The zero-order valence-electron chi connectivity index (χ0n) is 16.5. The van der Waals surface area contributed by atoms with Crippen LogP contribution in [0.25, 0.3) is 0 Å². The van der Waals surface area contributed by atoms with Crippen molar-refractivity contribution in [3.63, 3.8) is 0 Å². The van der Waals surface area contributed by atoms with Gasteiger partial charge in [-0.2, -0.15) is 0 Å². The Labute approximate surface area is 162 Å². The number of para-hydroxylation sites is 3. The Hall–Kier alpha value is -2.53. The van der Waals surface area contributed by atoms with Crippen LogP contribution in [0.5, 0.6) is 5.75 Å². The summed E-state index contributed by atoms with van der Waals surface area (Å²) in [6, 6.07) is 18.2. The van der Waals surface area contributed by atoms with Gasteiger partial charge in [-0.15, -0.1) is 0 Å². The minimum Gasteiger partial charge on any atom is -0.495 e. The van der Waals surface area contributed by atoms with Gasteiger partial charge in [-0.25, -0.2) is 0 Å². The second-order valence-electron chi connectivity index (χ2n) is 7.28. The molecule has 1 amide bonds. The molecule has 0 radical (unpaired) electrons. The molecule has 1 heterocycles. The smallest absolute Gasteiger partial charge is 0.282 e. The molecule has 0 atom stereocenters. The van der Waals surface area contributed by atoms with Gasteiger partial charge in [0.05, 0.1) is 39.0 Å². The van der Waals surface area contributed by atoms with Crippen LogP contribution < -0.4 is 19.4 Å². The summed E-state index contributed by atoms with van der Waals surface area (Å²) in [4.78, 5) is 18.6. The number of nitrogens with one attached hydrogen (secondary N) is 1. The van der Waals surface area contributed by atoms with Crippen molar-refractivity contribution in [3.05, 3.63) is 54.6 Å². The van der Waals surface area contributed by atoms with Crippen molar-refractivity contribution in [1.82, 2.24) is 0 Å². The second kappa shape index (κ2) is 8.91. The molecule has 0 aliphatic carbocycles. The van der Waals surface area contributed by atoms with E-state index in [9.17, 15) is 4.79 Å². The molecule has 144 valence electrons. The summed E-state index contributed by atoms with van der Waals surface area (Å²) in [5.41, 5.74) is 2.11. The van der Waals surface area contributed by atoms with Gasteiger partial charge in [0.15, 0.2) is 6.54 Å². The summed E-state index contributed by atoms with van der Waals surface area (Å²) in [5, 5.41) is 0. The Morgan fingerprint density at radius 3 is 2.33 bits per heavy atom. The lowest BCUT2D eigenvalue weighted by molar-refractivity contribution is -0.892. The number of methoxy groups -OCH3 is 1. The zero-order valence-corrected chi connectivity index (χ0v) is 16.5. The number of carbonyl (C=O) groups is 1. The van der Waals surface area contributed by atoms with E-state index in [1.54, 1.807) is 7.11 Å². The van der Waals surface area contributed by atoms with E-state index in [1.807, 2.05) is 53.4 Å². The van der Waals surface area contributed by atoms with Crippen LogP contribution in [0.3, 0.4) is 0 Å². The Bertz CT molecular complexity index is 740. The van der Waals surface area contributed by atoms with Crippen molar-refractivity contribution < 1.29 is 14.4 Å². The van der Waals surface area contributed by atoms with Crippen LogP contribution in [-0.2, 0) is 4.79 Å². The number of anilines is 2. The summed E-state index contributed by atoms with van der Waals surface area (Å²) in [6.07, 6.45) is 0. The van der Waals surface area contributed by atoms with E-state index in [1.165, 1.54) is 4.90 Å². The van der Waals surface area contributed by atoms with Crippen LogP contribution in [-0.4, -0.2) is 51.8 Å². The van der Waals surface area contributed by atoms with E-state index in [0.717, 1.165) is 43.3 Å². The van der Waals surface area contributed by atoms with Gasteiger partial charge in [-0.3, -0.25) is 4.79 Å². The van der Waals surface area contributed by atoms with Crippen LogP contribution >= 0.6 is 0 Å². The van der Waals surface area contributed by atoms with E-state index in [0.29, 0.717) is 6.54 Å². The monoisotopic (exact) mass is 368 g/mol. The number of benzene rings is 2. The molecular formula is C22H30N3O2+. The Balaban J connectivity index is 1.60. The summed E-state index contributed by atoms with van der Waals surface area (Å²) >= 11 is 0. The minimum atomic E-state index is 0.147. The number of carbonyl (C=O) groups excluding carboxylic acids is 1. The Kier molecular flexibility index (Phi) is 6.35. The van der Waals surface area contributed by atoms with Crippen LogP contribution in [0.2, 0.25) is 0 Å². The third kappa shape index (κ3) is 4.61. The van der Waals surface area contributed by atoms with E-state index in [-0.39, 0.29) is 11.9 Å². The van der Waals surface area contributed by atoms with Crippen LogP contribution in [0, 0.1) is 0 Å². The molecule has 5 heteroatoms. The topological polar surface area (TPSA) is 37.2 Å². The average Bonchev–Trinajstić information content (AvgIpc) is 2.69. The maximum atomic E-state index is 13.0. The standard InChI is InChI=1S/C22H29N3O2/c1-18(2)25(19-9-5-4-6-10-19)22(26)17-23-13-15-24(16-14-23)20-11-7-8-12-21(20)27-3/h4-12,18H,13-17H2,1-3H3/p+1. The molecular weight excluding hydrogens is 338 g/mol. The number of piperazine rings is 1. The fourth-order valence-electron chi connectivity index (χ4n) is 3.75.